The molecule has 2 N–H and O–H groups in total. The molecule has 148 valence electrons. The molecule has 0 amide bonds. The smallest absolute Gasteiger partial charge is 0.197 e. The minimum absolute atomic E-state index is 0.197. The van der Waals surface area contributed by atoms with Crippen molar-refractivity contribution in [3.63, 3.8) is 0 Å². The first-order valence-electron chi connectivity index (χ1n) is 9.22. The number of rotatable bonds is 6. The fourth-order valence-corrected chi connectivity index (χ4v) is 3.66. The average Bonchev–Trinajstić information content (AvgIpc) is 2.73. The van der Waals surface area contributed by atoms with Gasteiger partial charge in [0.25, 0.3) is 0 Å². The summed E-state index contributed by atoms with van der Waals surface area (Å²) in [4.78, 5) is 0. The SMILES string of the molecule is COc1ccc(Cc2cc(C3(OC)CC(O)CC(CO)O3)ccc2C#N)cc1. The Kier molecular flexibility index (Phi) is 6.32. The molecule has 0 aliphatic carbocycles. The van der Waals surface area contributed by atoms with Crippen molar-refractivity contribution >= 4 is 0 Å². The largest absolute Gasteiger partial charge is 0.497 e. The van der Waals surface area contributed by atoms with Crippen molar-refractivity contribution in [2.45, 2.75) is 37.3 Å². The molecule has 3 rings (SSSR count). The molecular formula is C22H25NO5. The predicted octanol–water partition coefficient (Wildman–Crippen LogP) is 2.49. The van der Waals surface area contributed by atoms with Gasteiger partial charge >= 0.3 is 0 Å². The third-order valence-electron chi connectivity index (χ3n) is 5.15. The summed E-state index contributed by atoms with van der Waals surface area (Å²) >= 11 is 0. The van der Waals surface area contributed by atoms with Crippen LogP contribution in [0.5, 0.6) is 5.75 Å². The van der Waals surface area contributed by atoms with Crippen molar-refractivity contribution in [3.8, 4) is 11.8 Å². The van der Waals surface area contributed by atoms with Gasteiger partial charge in [-0.25, -0.2) is 0 Å². The highest BCUT2D eigenvalue weighted by Crippen LogP contribution is 2.39. The van der Waals surface area contributed by atoms with Crippen LogP contribution < -0.4 is 4.74 Å². The van der Waals surface area contributed by atoms with E-state index in [1.54, 1.807) is 19.2 Å². The van der Waals surface area contributed by atoms with Gasteiger partial charge in [0.15, 0.2) is 5.79 Å². The first kappa shape index (κ1) is 20.3. The van der Waals surface area contributed by atoms with Crippen LogP contribution in [0.4, 0.5) is 0 Å². The van der Waals surface area contributed by atoms with Gasteiger partial charge in [-0.05, 0) is 41.8 Å². The number of hydrogen-bond acceptors (Lipinski definition) is 6. The molecule has 28 heavy (non-hydrogen) atoms. The van der Waals surface area contributed by atoms with Crippen molar-refractivity contribution in [1.82, 2.24) is 0 Å². The van der Waals surface area contributed by atoms with Gasteiger partial charge < -0.3 is 24.4 Å². The molecule has 6 heteroatoms. The maximum Gasteiger partial charge on any atom is 0.197 e. The Morgan fingerprint density at radius 1 is 1.21 bits per heavy atom. The first-order chi connectivity index (χ1) is 13.5. The number of hydrogen-bond donors (Lipinski definition) is 2. The molecule has 1 saturated heterocycles. The Labute approximate surface area is 164 Å². The average molecular weight is 383 g/mol. The molecule has 2 aromatic rings. The Morgan fingerprint density at radius 3 is 2.57 bits per heavy atom. The van der Waals surface area contributed by atoms with E-state index in [0.717, 1.165) is 22.4 Å². The molecule has 3 unspecified atom stereocenters. The number of nitrogens with zero attached hydrogens (tertiary/aromatic N) is 1. The third kappa shape index (κ3) is 4.18. The Hall–Kier alpha value is -2.43. The maximum atomic E-state index is 10.3. The molecule has 1 aliphatic rings. The lowest BCUT2D eigenvalue weighted by Gasteiger charge is -2.42. The normalized spacial score (nSPS) is 24.5. The topological polar surface area (TPSA) is 91.9 Å². The van der Waals surface area contributed by atoms with E-state index in [-0.39, 0.29) is 13.0 Å². The highest BCUT2D eigenvalue weighted by atomic mass is 16.7. The Balaban J connectivity index is 1.96. The molecule has 0 aromatic heterocycles. The van der Waals surface area contributed by atoms with Crippen LogP contribution in [0, 0.1) is 11.3 Å². The van der Waals surface area contributed by atoms with Gasteiger partial charge in [0.1, 0.15) is 5.75 Å². The van der Waals surface area contributed by atoms with Gasteiger partial charge in [0, 0.05) is 25.5 Å². The van der Waals surface area contributed by atoms with Crippen LogP contribution in [0.1, 0.15) is 35.1 Å². The van der Waals surface area contributed by atoms with Gasteiger partial charge in [-0.15, -0.1) is 0 Å². The van der Waals surface area contributed by atoms with Gasteiger partial charge in [-0.3, -0.25) is 0 Å². The van der Waals surface area contributed by atoms with E-state index >= 15 is 0 Å². The monoisotopic (exact) mass is 383 g/mol. The highest BCUT2D eigenvalue weighted by Gasteiger charge is 2.43. The quantitative estimate of drug-likeness (QED) is 0.796. The van der Waals surface area contributed by atoms with Gasteiger partial charge in [-0.1, -0.05) is 18.2 Å². The summed E-state index contributed by atoms with van der Waals surface area (Å²) in [5.74, 6) is -0.385. The highest BCUT2D eigenvalue weighted by molar-refractivity contribution is 5.44. The molecule has 3 atom stereocenters. The summed E-state index contributed by atoms with van der Waals surface area (Å²) in [7, 11) is 3.14. The van der Waals surface area contributed by atoms with Crippen LogP contribution in [0.25, 0.3) is 0 Å². The second kappa shape index (κ2) is 8.72. The van der Waals surface area contributed by atoms with Crippen LogP contribution in [0.15, 0.2) is 42.5 Å². The van der Waals surface area contributed by atoms with Crippen molar-refractivity contribution < 1.29 is 24.4 Å². The van der Waals surface area contributed by atoms with Gasteiger partial charge in [-0.2, -0.15) is 5.26 Å². The van der Waals surface area contributed by atoms with Crippen LogP contribution in [-0.4, -0.2) is 43.2 Å². The third-order valence-corrected chi connectivity index (χ3v) is 5.15. The predicted molar refractivity (Wildman–Crippen MR) is 103 cm³/mol. The Morgan fingerprint density at radius 2 is 1.96 bits per heavy atom. The molecule has 2 aromatic carbocycles. The molecule has 1 aliphatic heterocycles. The van der Waals surface area contributed by atoms with E-state index in [1.165, 1.54) is 7.11 Å². The maximum absolute atomic E-state index is 10.3. The van der Waals surface area contributed by atoms with Crippen LogP contribution >= 0.6 is 0 Å². The minimum Gasteiger partial charge on any atom is -0.497 e. The van der Waals surface area contributed by atoms with Crippen LogP contribution in [0.3, 0.4) is 0 Å². The number of ether oxygens (including phenoxy) is 3. The van der Waals surface area contributed by atoms with Crippen molar-refractivity contribution in [1.29, 1.82) is 5.26 Å². The molecule has 0 saturated carbocycles. The second-order valence-electron chi connectivity index (χ2n) is 6.98. The van der Waals surface area contributed by atoms with E-state index in [0.29, 0.717) is 18.4 Å². The van der Waals surface area contributed by atoms with E-state index < -0.39 is 18.0 Å². The zero-order chi connectivity index (χ0) is 20.1. The summed E-state index contributed by atoms with van der Waals surface area (Å²) in [6.45, 7) is -0.197. The zero-order valence-electron chi connectivity index (χ0n) is 16.1. The summed E-state index contributed by atoms with van der Waals surface area (Å²) < 4.78 is 16.9. The summed E-state index contributed by atoms with van der Waals surface area (Å²) in [5, 5.41) is 29.3. The van der Waals surface area contributed by atoms with E-state index in [9.17, 15) is 15.5 Å². The van der Waals surface area contributed by atoms with E-state index in [2.05, 4.69) is 6.07 Å². The van der Waals surface area contributed by atoms with Crippen molar-refractivity contribution in [2.24, 2.45) is 0 Å². The molecular weight excluding hydrogens is 358 g/mol. The fraction of sp³-hybridized carbons (Fsp3) is 0.409. The van der Waals surface area contributed by atoms with Crippen LogP contribution in [-0.2, 0) is 21.7 Å². The van der Waals surface area contributed by atoms with Crippen LogP contribution in [0.2, 0.25) is 0 Å². The van der Waals surface area contributed by atoms with Gasteiger partial charge in [0.05, 0.1) is 37.6 Å². The lowest BCUT2D eigenvalue weighted by atomic mass is 9.89. The van der Waals surface area contributed by atoms with Crippen molar-refractivity contribution in [2.75, 3.05) is 20.8 Å². The number of aliphatic hydroxyl groups excluding tert-OH is 2. The number of nitriles is 1. The number of methoxy groups -OCH3 is 2. The fourth-order valence-electron chi connectivity index (χ4n) is 3.66. The molecule has 6 nitrogen and oxygen atoms in total. The number of aliphatic hydroxyl groups is 2. The second-order valence-corrected chi connectivity index (χ2v) is 6.98. The molecule has 0 radical (unpaired) electrons. The summed E-state index contributed by atoms with van der Waals surface area (Å²) in [6, 6.07) is 15.3. The van der Waals surface area contributed by atoms with E-state index in [1.807, 2.05) is 30.3 Å². The minimum atomic E-state index is -1.16. The van der Waals surface area contributed by atoms with Gasteiger partial charge in [0.2, 0.25) is 0 Å². The molecule has 1 fully saturated rings. The molecule has 1 heterocycles. The number of benzene rings is 2. The first-order valence-corrected chi connectivity index (χ1v) is 9.22. The Bertz CT molecular complexity index is 845. The van der Waals surface area contributed by atoms with Crippen molar-refractivity contribution in [3.05, 3.63) is 64.7 Å². The van der Waals surface area contributed by atoms with E-state index in [4.69, 9.17) is 14.2 Å². The standard InChI is InChI=1S/C22H25NO5/c1-26-20-7-3-15(4-8-20)9-17-10-18(6-5-16(17)13-23)22(27-2)12-19(25)11-21(14-24)28-22/h3-8,10,19,21,24-25H,9,11-12,14H2,1-2H3. The zero-order valence-corrected chi connectivity index (χ0v) is 16.1. The summed E-state index contributed by atoms with van der Waals surface area (Å²) in [6.07, 6.45) is 0.0210. The molecule has 0 bridgehead atoms. The lowest BCUT2D eigenvalue weighted by Crippen LogP contribution is -2.46. The summed E-state index contributed by atoms with van der Waals surface area (Å²) in [5.41, 5.74) is 3.17. The lowest BCUT2D eigenvalue weighted by molar-refractivity contribution is -0.298. The molecule has 0 spiro atoms.